The van der Waals surface area contributed by atoms with Crippen molar-refractivity contribution in [3.8, 4) is 5.69 Å². The fourth-order valence-electron chi connectivity index (χ4n) is 1.93. The van der Waals surface area contributed by atoms with Crippen molar-refractivity contribution in [2.24, 2.45) is 5.73 Å². The van der Waals surface area contributed by atoms with Crippen LogP contribution in [0.15, 0.2) is 35.3 Å². The predicted molar refractivity (Wildman–Crippen MR) is 68.5 cm³/mol. The molecule has 4 nitrogen and oxygen atoms in total. The average Bonchev–Trinajstić information content (AvgIpc) is 2.67. The molecule has 1 heterocycles. The van der Waals surface area contributed by atoms with Gasteiger partial charge in [0.1, 0.15) is 0 Å². The highest BCUT2D eigenvalue weighted by Gasteiger charge is 2.04. The average molecular weight is 231 g/mol. The van der Waals surface area contributed by atoms with Crippen molar-refractivity contribution in [2.75, 3.05) is 6.54 Å². The Hall–Kier alpha value is -1.81. The highest BCUT2D eigenvalue weighted by Crippen LogP contribution is 2.12. The molecule has 1 aromatic heterocycles. The molecule has 0 atom stereocenters. The molecule has 0 bridgehead atoms. The molecule has 0 aliphatic carbocycles. The third-order valence-electron chi connectivity index (χ3n) is 2.80. The lowest BCUT2D eigenvalue weighted by Gasteiger charge is -2.06. The smallest absolute Gasteiger partial charge is 0.330 e. The molecule has 0 radical (unpaired) electrons. The van der Waals surface area contributed by atoms with E-state index in [4.69, 9.17) is 5.73 Å². The van der Waals surface area contributed by atoms with Gasteiger partial charge in [-0.1, -0.05) is 12.1 Å². The maximum Gasteiger partial charge on any atom is 0.330 e. The number of nitrogens with one attached hydrogen (secondary N) is 1. The maximum absolute atomic E-state index is 11.7. The molecule has 0 fully saturated rings. The molecule has 0 amide bonds. The van der Waals surface area contributed by atoms with Crippen LogP contribution in [-0.2, 0) is 6.42 Å². The van der Waals surface area contributed by atoms with Crippen molar-refractivity contribution in [3.63, 3.8) is 0 Å². The highest BCUT2D eigenvalue weighted by molar-refractivity contribution is 5.37. The summed E-state index contributed by atoms with van der Waals surface area (Å²) in [5, 5.41) is 0. The molecule has 17 heavy (non-hydrogen) atoms. The first-order valence-electron chi connectivity index (χ1n) is 5.79. The predicted octanol–water partition coefficient (Wildman–Crippen LogP) is 1.37. The van der Waals surface area contributed by atoms with Gasteiger partial charge in [-0.3, -0.25) is 4.57 Å². The third-order valence-corrected chi connectivity index (χ3v) is 2.80. The minimum Gasteiger partial charge on any atom is -0.330 e. The van der Waals surface area contributed by atoms with Gasteiger partial charge in [0.15, 0.2) is 0 Å². The summed E-state index contributed by atoms with van der Waals surface area (Å²) in [6.07, 6.45) is 3.63. The van der Waals surface area contributed by atoms with Gasteiger partial charge < -0.3 is 10.7 Å². The second-order valence-corrected chi connectivity index (χ2v) is 4.13. The molecular weight excluding hydrogens is 214 g/mol. The first-order chi connectivity index (χ1) is 8.22. The zero-order valence-electron chi connectivity index (χ0n) is 9.94. The Morgan fingerprint density at radius 2 is 2.24 bits per heavy atom. The van der Waals surface area contributed by atoms with E-state index >= 15 is 0 Å². The first kappa shape index (κ1) is 11.7. The summed E-state index contributed by atoms with van der Waals surface area (Å²) in [6.45, 7) is 2.60. The van der Waals surface area contributed by atoms with Crippen LogP contribution in [0.5, 0.6) is 0 Å². The minimum absolute atomic E-state index is 0.0986. The summed E-state index contributed by atoms with van der Waals surface area (Å²) in [6, 6.07) is 8.01. The van der Waals surface area contributed by atoms with Crippen molar-refractivity contribution in [1.29, 1.82) is 0 Å². The lowest BCUT2D eigenvalue weighted by Crippen LogP contribution is -2.16. The number of aromatic nitrogens is 2. The number of hydrogen-bond donors (Lipinski definition) is 2. The fourth-order valence-corrected chi connectivity index (χ4v) is 1.93. The first-order valence-corrected chi connectivity index (χ1v) is 5.79. The van der Waals surface area contributed by atoms with Crippen LogP contribution in [0, 0.1) is 6.92 Å². The number of nitrogens with zero attached hydrogens (tertiary/aromatic N) is 1. The Kier molecular flexibility index (Phi) is 3.44. The summed E-state index contributed by atoms with van der Waals surface area (Å²) in [7, 11) is 0. The second kappa shape index (κ2) is 5.01. The van der Waals surface area contributed by atoms with Crippen molar-refractivity contribution in [3.05, 3.63) is 52.2 Å². The molecule has 0 saturated carbocycles. The van der Waals surface area contributed by atoms with E-state index in [1.165, 1.54) is 5.56 Å². The van der Waals surface area contributed by atoms with Crippen LogP contribution in [-0.4, -0.2) is 16.1 Å². The van der Waals surface area contributed by atoms with Crippen LogP contribution in [0.3, 0.4) is 0 Å². The van der Waals surface area contributed by atoms with E-state index in [2.05, 4.69) is 11.1 Å². The summed E-state index contributed by atoms with van der Waals surface area (Å²) in [5.41, 5.74) is 8.42. The number of aryl methyl sites for hydroxylation is 2. The molecule has 3 N–H and O–H groups in total. The Morgan fingerprint density at radius 1 is 1.41 bits per heavy atom. The van der Waals surface area contributed by atoms with Crippen LogP contribution >= 0.6 is 0 Å². The summed E-state index contributed by atoms with van der Waals surface area (Å²) in [4.78, 5) is 14.3. The molecule has 0 spiro atoms. The molecule has 0 aliphatic heterocycles. The van der Waals surface area contributed by atoms with Gasteiger partial charge in [-0.2, -0.15) is 0 Å². The van der Waals surface area contributed by atoms with Crippen LogP contribution in [0.4, 0.5) is 0 Å². The topological polar surface area (TPSA) is 63.8 Å². The number of nitrogens with two attached hydrogens (primary N) is 1. The van der Waals surface area contributed by atoms with Gasteiger partial charge in [0, 0.05) is 11.9 Å². The Labute approximate surface area is 100 Å². The monoisotopic (exact) mass is 231 g/mol. The quantitative estimate of drug-likeness (QED) is 0.834. The van der Waals surface area contributed by atoms with Crippen LogP contribution in [0.1, 0.15) is 17.7 Å². The molecule has 2 aromatic rings. The maximum atomic E-state index is 11.7. The fraction of sp³-hybridized carbons (Fsp3) is 0.308. The summed E-state index contributed by atoms with van der Waals surface area (Å²) in [5.74, 6) is 0. The van der Waals surface area contributed by atoms with Crippen molar-refractivity contribution in [2.45, 2.75) is 19.8 Å². The van der Waals surface area contributed by atoms with E-state index in [0.29, 0.717) is 6.54 Å². The normalized spacial score (nSPS) is 10.7. The van der Waals surface area contributed by atoms with E-state index < -0.39 is 0 Å². The number of H-pyrrole nitrogens is 1. The molecule has 0 unspecified atom stereocenters. The Balaban J connectivity index is 2.36. The number of imidazole rings is 1. The summed E-state index contributed by atoms with van der Waals surface area (Å²) < 4.78 is 1.67. The molecule has 90 valence electrons. The molecule has 2 rings (SSSR count). The van der Waals surface area contributed by atoms with Gasteiger partial charge in [0.05, 0.1) is 5.69 Å². The lowest BCUT2D eigenvalue weighted by atomic mass is 10.1. The third kappa shape index (κ3) is 2.47. The SMILES string of the molecule is Cc1c[nH]c(=O)n1-c1cccc(CCCN)c1. The van der Waals surface area contributed by atoms with Crippen molar-refractivity contribution in [1.82, 2.24) is 9.55 Å². The number of rotatable bonds is 4. The molecule has 4 heteroatoms. The number of hydrogen-bond acceptors (Lipinski definition) is 2. The number of aromatic amines is 1. The van der Waals surface area contributed by atoms with Gasteiger partial charge in [0.25, 0.3) is 0 Å². The van der Waals surface area contributed by atoms with Crippen LogP contribution in [0.25, 0.3) is 5.69 Å². The van der Waals surface area contributed by atoms with E-state index in [0.717, 1.165) is 24.2 Å². The standard InChI is InChI=1S/C13H17N3O/c1-10-9-15-13(17)16(10)12-6-2-4-11(8-12)5-3-7-14/h2,4,6,8-9H,3,5,7,14H2,1H3,(H,15,17). The lowest BCUT2D eigenvalue weighted by molar-refractivity contribution is 0.830. The van der Waals surface area contributed by atoms with Crippen LogP contribution < -0.4 is 11.4 Å². The molecule has 0 saturated heterocycles. The van der Waals surface area contributed by atoms with E-state index in [1.54, 1.807) is 10.8 Å². The number of benzene rings is 1. The molecule has 1 aromatic carbocycles. The van der Waals surface area contributed by atoms with E-state index in [1.807, 2.05) is 25.1 Å². The van der Waals surface area contributed by atoms with Gasteiger partial charge in [-0.25, -0.2) is 4.79 Å². The highest BCUT2D eigenvalue weighted by atomic mass is 16.1. The van der Waals surface area contributed by atoms with Gasteiger partial charge >= 0.3 is 5.69 Å². The Morgan fingerprint density at radius 3 is 2.88 bits per heavy atom. The molecule has 0 aliphatic rings. The van der Waals surface area contributed by atoms with Crippen molar-refractivity contribution >= 4 is 0 Å². The van der Waals surface area contributed by atoms with Gasteiger partial charge in [0.2, 0.25) is 0 Å². The zero-order valence-corrected chi connectivity index (χ0v) is 9.94. The van der Waals surface area contributed by atoms with Gasteiger partial charge in [-0.05, 0) is 44.0 Å². The minimum atomic E-state index is -0.0986. The zero-order chi connectivity index (χ0) is 12.3. The van der Waals surface area contributed by atoms with E-state index in [-0.39, 0.29) is 5.69 Å². The largest absolute Gasteiger partial charge is 0.330 e. The summed E-state index contributed by atoms with van der Waals surface area (Å²) >= 11 is 0. The Bertz CT molecular complexity index is 554. The van der Waals surface area contributed by atoms with E-state index in [9.17, 15) is 4.79 Å². The van der Waals surface area contributed by atoms with Crippen molar-refractivity contribution < 1.29 is 0 Å². The van der Waals surface area contributed by atoms with Crippen LogP contribution in [0.2, 0.25) is 0 Å². The second-order valence-electron chi connectivity index (χ2n) is 4.13. The van der Waals surface area contributed by atoms with Gasteiger partial charge in [-0.15, -0.1) is 0 Å². The molecular formula is C13H17N3O.